The molecule has 0 saturated heterocycles. The second kappa shape index (κ2) is 4.01. The van der Waals surface area contributed by atoms with Crippen LogP contribution in [0.5, 0.6) is 0 Å². The van der Waals surface area contributed by atoms with Crippen LogP contribution >= 0.6 is 0 Å². The van der Waals surface area contributed by atoms with Crippen LogP contribution in [-0.4, -0.2) is 17.3 Å². The van der Waals surface area contributed by atoms with Gasteiger partial charge in [0.1, 0.15) is 0 Å². The molecule has 84 valence electrons. The van der Waals surface area contributed by atoms with Gasteiger partial charge in [-0.1, -0.05) is 12.1 Å². The Morgan fingerprint density at radius 2 is 2.18 bits per heavy atom. The summed E-state index contributed by atoms with van der Waals surface area (Å²) < 4.78 is 0. The summed E-state index contributed by atoms with van der Waals surface area (Å²) >= 11 is 0. The molecule has 0 spiro atoms. The van der Waals surface area contributed by atoms with Crippen LogP contribution in [0, 0.1) is 0 Å². The third kappa shape index (κ3) is 1.69. The van der Waals surface area contributed by atoms with Gasteiger partial charge in [-0.3, -0.25) is 9.78 Å². The number of hydrogen-bond acceptors (Lipinski definition) is 3. The largest absolute Gasteiger partial charge is 0.384 e. The number of nitrogens with one attached hydrogen (secondary N) is 1. The van der Waals surface area contributed by atoms with E-state index in [-0.39, 0.29) is 5.78 Å². The molecule has 3 rings (SSSR count). The number of para-hydroxylation sites is 1. The monoisotopic (exact) mass is 224 g/mol. The number of rotatable bonds is 2. The van der Waals surface area contributed by atoms with Gasteiger partial charge >= 0.3 is 0 Å². The first-order valence-electron chi connectivity index (χ1n) is 5.67. The average Bonchev–Trinajstić information content (AvgIpc) is 2.87. The zero-order chi connectivity index (χ0) is 11.7. The maximum absolute atomic E-state index is 12.3. The van der Waals surface area contributed by atoms with Gasteiger partial charge in [0.15, 0.2) is 5.78 Å². The first kappa shape index (κ1) is 10.0. The van der Waals surface area contributed by atoms with Gasteiger partial charge in [0.25, 0.3) is 0 Å². The zero-order valence-electron chi connectivity index (χ0n) is 9.31. The molecule has 2 heterocycles. The Hall–Kier alpha value is -2.16. The summed E-state index contributed by atoms with van der Waals surface area (Å²) in [4.78, 5) is 16.3. The van der Waals surface area contributed by atoms with Crippen molar-refractivity contribution >= 4 is 11.5 Å². The van der Waals surface area contributed by atoms with Crippen molar-refractivity contribution in [3.05, 3.63) is 59.4 Å². The van der Waals surface area contributed by atoms with Gasteiger partial charge in [0.2, 0.25) is 0 Å². The second-order valence-electron chi connectivity index (χ2n) is 4.09. The normalized spacial score (nSPS) is 12.9. The smallest absolute Gasteiger partial charge is 0.196 e. The van der Waals surface area contributed by atoms with E-state index >= 15 is 0 Å². The third-order valence-corrected chi connectivity index (χ3v) is 3.02. The molecule has 0 bridgehead atoms. The average molecular weight is 224 g/mol. The van der Waals surface area contributed by atoms with E-state index in [9.17, 15) is 4.79 Å². The number of benzene rings is 1. The molecule has 3 nitrogen and oxygen atoms in total. The Balaban J connectivity index is 2.06. The lowest BCUT2D eigenvalue weighted by Gasteiger charge is -2.07. The highest BCUT2D eigenvalue weighted by Gasteiger charge is 2.19. The molecule has 17 heavy (non-hydrogen) atoms. The van der Waals surface area contributed by atoms with Crippen molar-refractivity contribution in [2.45, 2.75) is 6.42 Å². The molecule has 0 fully saturated rings. The molecular weight excluding hydrogens is 212 g/mol. The van der Waals surface area contributed by atoms with E-state index in [0.29, 0.717) is 5.56 Å². The van der Waals surface area contributed by atoms with Crippen molar-refractivity contribution in [3.63, 3.8) is 0 Å². The van der Waals surface area contributed by atoms with Crippen LogP contribution in [0.15, 0.2) is 42.7 Å². The number of hydrogen-bond donors (Lipinski definition) is 1. The maximum Gasteiger partial charge on any atom is 0.196 e. The molecular formula is C14H12N2O. The highest BCUT2D eigenvalue weighted by atomic mass is 16.1. The predicted octanol–water partition coefficient (Wildman–Crippen LogP) is 2.28. The molecule has 1 N–H and O–H groups in total. The number of anilines is 1. The number of nitrogens with zero attached hydrogens (tertiary/aromatic N) is 1. The van der Waals surface area contributed by atoms with Crippen molar-refractivity contribution in [3.8, 4) is 0 Å². The van der Waals surface area contributed by atoms with Crippen molar-refractivity contribution < 1.29 is 4.79 Å². The van der Waals surface area contributed by atoms with Crippen LogP contribution in [-0.2, 0) is 6.42 Å². The number of fused-ring (bicyclic) bond motifs is 1. The van der Waals surface area contributed by atoms with Crippen molar-refractivity contribution in [1.29, 1.82) is 0 Å². The molecule has 1 aromatic heterocycles. The molecule has 0 saturated carbocycles. The highest BCUT2D eigenvalue weighted by molar-refractivity contribution is 6.12. The van der Waals surface area contributed by atoms with E-state index in [2.05, 4.69) is 16.4 Å². The van der Waals surface area contributed by atoms with Crippen LogP contribution < -0.4 is 5.32 Å². The quantitative estimate of drug-likeness (QED) is 0.796. The van der Waals surface area contributed by atoms with Crippen LogP contribution in [0.4, 0.5) is 5.69 Å². The lowest BCUT2D eigenvalue weighted by atomic mass is 10.0. The minimum absolute atomic E-state index is 0.0318. The molecule has 1 aliphatic heterocycles. The van der Waals surface area contributed by atoms with E-state index in [1.807, 2.05) is 12.1 Å². The Morgan fingerprint density at radius 3 is 3.00 bits per heavy atom. The van der Waals surface area contributed by atoms with Gasteiger partial charge < -0.3 is 5.32 Å². The van der Waals surface area contributed by atoms with E-state index in [0.717, 1.165) is 24.2 Å². The number of aromatic nitrogens is 1. The van der Waals surface area contributed by atoms with Crippen molar-refractivity contribution in [1.82, 2.24) is 4.98 Å². The SMILES string of the molecule is O=C(c1cccnc1)c1cccc2c1NCC2. The lowest BCUT2D eigenvalue weighted by molar-refractivity contribution is 0.103. The Labute approximate surface area is 99.5 Å². The molecule has 2 aromatic rings. The van der Waals surface area contributed by atoms with Crippen molar-refractivity contribution in [2.24, 2.45) is 0 Å². The number of carbonyl (C=O) groups excluding carboxylic acids is 1. The molecule has 0 atom stereocenters. The summed E-state index contributed by atoms with van der Waals surface area (Å²) in [5.41, 5.74) is 3.59. The Kier molecular flexibility index (Phi) is 2.37. The first-order valence-corrected chi connectivity index (χ1v) is 5.67. The molecule has 1 aromatic carbocycles. The molecule has 0 aliphatic carbocycles. The Morgan fingerprint density at radius 1 is 1.24 bits per heavy atom. The van der Waals surface area contributed by atoms with Crippen molar-refractivity contribution in [2.75, 3.05) is 11.9 Å². The summed E-state index contributed by atoms with van der Waals surface area (Å²) in [5, 5.41) is 3.28. The molecule has 1 aliphatic rings. The summed E-state index contributed by atoms with van der Waals surface area (Å²) in [6.07, 6.45) is 4.27. The van der Waals surface area contributed by atoms with Crippen LogP contribution in [0.2, 0.25) is 0 Å². The second-order valence-corrected chi connectivity index (χ2v) is 4.09. The fourth-order valence-corrected chi connectivity index (χ4v) is 2.18. The Bertz CT molecular complexity index is 564. The van der Waals surface area contributed by atoms with Gasteiger partial charge in [-0.15, -0.1) is 0 Å². The summed E-state index contributed by atoms with van der Waals surface area (Å²) in [5.74, 6) is 0.0318. The third-order valence-electron chi connectivity index (χ3n) is 3.02. The maximum atomic E-state index is 12.3. The molecule has 0 amide bonds. The van der Waals surface area contributed by atoms with Gasteiger partial charge in [-0.05, 0) is 30.2 Å². The lowest BCUT2D eigenvalue weighted by Crippen LogP contribution is -2.05. The van der Waals surface area contributed by atoms with Crippen LogP contribution in [0.1, 0.15) is 21.5 Å². The zero-order valence-corrected chi connectivity index (χ0v) is 9.31. The first-order chi connectivity index (χ1) is 8.36. The van der Waals surface area contributed by atoms with E-state index in [4.69, 9.17) is 0 Å². The van der Waals surface area contributed by atoms with E-state index < -0.39 is 0 Å². The summed E-state index contributed by atoms with van der Waals surface area (Å²) in [6, 6.07) is 9.45. The minimum atomic E-state index is 0.0318. The van der Waals surface area contributed by atoms with Crippen LogP contribution in [0.3, 0.4) is 0 Å². The van der Waals surface area contributed by atoms with Gasteiger partial charge in [-0.25, -0.2) is 0 Å². The predicted molar refractivity (Wildman–Crippen MR) is 66.3 cm³/mol. The topological polar surface area (TPSA) is 42.0 Å². The standard InChI is InChI=1S/C14H12N2O/c17-14(11-4-2-7-15-9-11)12-5-1-3-10-6-8-16-13(10)12/h1-5,7,9,16H,6,8H2. The summed E-state index contributed by atoms with van der Waals surface area (Å²) in [7, 11) is 0. The van der Waals surface area contributed by atoms with Gasteiger partial charge in [0, 0.05) is 35.8 Å². The van der Waals surface area contributed by atoms with E-state index in [1.165, 1.54) is 5.56 Å². The minimum Gasteiger partial charge on any atom is -0.384 e. The van der Waals surface area contributed by atoms with Gasteiger partial charge in [-0.2, -0.15) is 0 Å². The summed E-state index contributed by atoms with van der Waals surface area (Å²) in [6.45, 7) is 0.909. The van der Waals surface area contributed by atoms with E-state index in [1.54, 1.807) is 24.5 Å². The van der Waals surface area contributed by atoms with Crippen LogP contribution in [0.25, 0.3) is 0 Å². The number of pyridine rings is 1. The molecule has 0 unspecified atom stereocenters. The molecule has 3 heteroatoms. The van der Waals surface area contributed by atoms with Gasteiger partial charge in [0.05, 0.1) is 0 Å². The fourth-order valence-electron chi connectivity index (χ4n) is 2.18. The number of ketones is 1. The molecule has 0 radical (unpaired) electrons. The fraction of sp³-hybridized carbons (Fsp3) is 0.143. The highest BCUT2D eigenvalue weighted by Crippen LogP contribution is 2.27. The number of carbonyl (C=O) groups is 1.